The first-order chi connectivity index (χ1) is 12.4. The first-order valence-electron chi connectivity index (χ1n) is 9.61. The third-order valence-corrected chi connectivity index (χ3v) is 7.98. The van der Waals surface area contributed by atoms with Gasteiger partial charge in [0.2, 0.25) is 15.9 Å². The number of benzene rings is 1. The average Bonchev–Trinajstić information content (AvgIpc) is 3.29. The molecule has 2 fully saturated rings. The fourth-order valence-corrected chi connectivity index (χ4v) is 5.98. The number of carbonyl (C=O) groups is 1. The van der Waals surface area contributed by atoms with Crippen molar-refractivity contribution in [1.29, 1.82) is 0 Å². The Balaban J connectivity index is 1.41. The molecule has 142 valence electrons. The Morgan fingerprint density at radius 1 is 1.04 bits per heavy atom. The molecular formula is C19H27N3O3S. The molecule has 2 aliphatic carbocycles. The number of carbonyl (C=O) groups excluding carboxylic acids is 1. The van der Waals surface area contributed by atoms with Crippen LogP contribution in [0.15, 0.2) is 23.1 Å². The maximum absolute atomic E-state index is 13.0. The second kappa shape index (κ2) is 6.94. The van der Waals surface area contributed by atoms with Gasteiger partial charge in [-0.2, -0.15) is 4.31 Å². The van der Waals surface area contributed by atoms with Crippen LogP contribution in [-0.4, -0.2) is 55.8 Å². The standard InChI is InChI=1S/C19H27N3O3S/c20-17-6-4-16(12-17)19(23)21-8-10-22(11-9-21)26(24,25)18-7-5-14-2-1-3-15(14)13-18/h5,7,13,16-17H,1-4,6,8-12,20H2. The molecule has 4 rings (SSSR count). The molecule has 2 atom stereocenters. The van der Waals surface area contributed by atoms with E-state index in [1.54, 1.807) is 6.07 Å². The van der Waals surface area contributed by atoms with Gasteiger partial charge in [-0.1, -0.05) is 6.07 Å². The van der Waals surface area contributed by atoms with Crippen molar-refractivity contribution < 1.29 is 13.2 Å². The largest absolute Gasteiger partial charge is 0.340 e. The lowest BCUT2D eigenvalue weighted by Gasteiger charge is -2.35. The Hall–Kier alpha value is -1.44. The minimum absolute atomic E-state index is 0.0184. The number of fused-ring (bicyclic) bond motifs is 1. The summed E-state index contributed by atoms with van der Waals surface area (Å²) in [6.07, 6.45) is 5.62. The van der Waals surface area contributed by atoms with Crippen molar-refractivity contribution in [3.05, 3.63) is 29.3 Å². The monoisotopic (exact) mass is 377 g/mol. The number of amides is 1. The Morgan fingerprint density at radius 2 is 1.77 bits per heavy atom. The van der Waals surface area contributed by atoms with Gasteiger partial charge in [-0.05, 0) is 61.8 Å². The Labute approximate surface area is 155 Å². The third kappa shape index (κ3) is 3.28. The zero-order chi connectivity index (χ0) is 18.3. The summed E-state index contributed by atoms with van der Waals surface area (Å²) < 4.78 is 27.5. The summed E-state index contributed by atoms with van der Waals surface area (Å²) in [6, 6.07) is 5.66. The summed E-state index contributed by atoms with van der Waals surface area (Å²) in [4.78, 5) is 14.8. The first-order valence-corrected chi connectivity index (χ1v) is 11.1. The fourth-order valence-electron chi connectivity index (χ4n) is 4.51. The number of aryl methyl sites for hydroxylation is 2. The second-order valence-electron chi connectivity index (χ2n) is 7.78. The normalized spacial score (nSPS) is 26.9. The SMILES string of the molecule is NC1CCC(C(=O)N2CCN(S(=O)(=O)c3ccc4c(c3)CCC4)CC2)C1. The molecule has 1 amide bonds. The van der Waals surface area contributed by atoms with E-state index in [1.165, 1.54) is 9.87 Å². The summed E-state index contributed by atoms with van der Waals surface area (Å²) in [5, 5.41) is 0. The molecule has 1 aliphatic heterocycles. The Kier molecular flexibility index (Phi) is 4.79. The Morgan fingerprint density at radius 3 is 2.46 bits per heavy atom. The average molecular weight is 378 g/mol. The van der Waals surface area contributed by atoms with Gasteiger partial charge in [-0.3, -0.25) is 4.79 Å². The molecule has 1 aromatic carbocycles. The van der Waals surface area contributed by atoms with Gasteiger partial charge in [0, 0.05) is 38.1 Å². The van der Waals surface area contributed by atoms with Crippen molar-refractivity contribution in [2.75, 3.05) is 26.2 Å². The van der Waals surface area contributed by atoms with Crippen LogP contribution < -0.4 is 5.73 Å². The molecule has 1 saturated heterocycles. The van der Waals surface area contributed by atoms with E-state index in [2.05, 4.69) is 0 Å². The van der Waals surface area contributed by atoms with Crippen molar-refractivity contribution in [2.24, 2.45) is 11.7 Å². The highest BCUT2D eigenvalue weighted by atomic mass is 32.2. The van der Waals surface area contributed by atoms with E-state index in [9.17, 15) is 13.2 Å². The first kappa shape index (κ1) is 17.9. The summed E-state index contributed by atoms with van der Waals surface area (Å²) in [5.41, 5.74) is 8.35. The molecule has 2 N–H and O–H groups in total. The van der Waals surface area contributed by atoms with E-state index in [1.807, 2.05) is 17.0 Å². The zero-order valence-electron chi connectivity index (χ0n) is 15.1. The van der Waals surface area contributed by atoms with Crippen LogP contribution in [0.3, 0.4) is 0 Å². The molecule has 2 unspecified atom stereocenters. The third-order valence-electron chi connectivity index (χ3n) is 6.08. The van der Waals surface area contributed by atoms with Crippen LogP contribution in [0.4, 0.5) is 0 Å². The van der Waals surface area contributed by atoms with Crippen LogP contribution in [0.25, 0.3) is 0 Å². The summed E-state index contributed by atoms with van der Waals surface area (Å²) in [5.74, 6) is 0.164. The molecular weight excluding hydrogens is 350 g/mol. The number of piperazine rings is 1. The summed E-state index contributed by atoms with van der Waals surface area (Å²) >= 11 is 0. The topological polar surface area (TPSA) is 83.7 Å². The highest BCUT2D eigenvalue weighted by Crippen LogP contribution is 2.28. The van der Waals surface area contributed by atoms with Gasteiger partial charge in [0.1, 0.15) is 0 Å². The maximum atomic E-state index is 13.0. The van der Waals surface area contributed by atoms with E-state index >= 15 is 0 Å². The number of sulfonamides is 1. The van der Waals surface area contributed by atoms with Crippen molar-refractivity contribution in [3.63, 3.8) is 0 Å². The van der Waals surface area contributed by atoms with Crippen LogP contribution in [0, 0.1) is 5.92 Å². The molecule has 26 heavy (non-hydrogen) atoms. The molecule has 0 bridgehead atoms. The number of nitrogens with zero attached hydrogens (tertiary/aromatic N) is 2. The molecule has 1 saturated carbocycles. The van der Waals surface area contributed by atoms with E-state index in [4.69, 9.17) is 5.73 Å². The second-order valence-corrected chi connectivity index (χ2v) is 9.72. The smallest absolute Gasteiger partial charge is 0.243 e. The van der Waals surface area contributed by atoms with Gasteiger partial charge in [0.25, 0.3) is 0 Å². The van der Waals surface area contributed by atoms with Crippen molar-refractivity contribution >= 4 is 15.9 Å². The minimum Gasteiger partial charge on any atom is -0.340 e. The molecule has 3 aliphatic rings. The lowest BCUT2D eigenvalue weighted by molar-refractivity contribution is -0.136. The van der Waals surface area contributed by atoms with Crippen molar-refractivity contribution in [3.8, 4) is 0 Å². The zero-order valence-corrected chi connectivity index (χ0v) is 15.9. The maximum Gasteiger partial charge on any atom is 0.243 e. The molecule has 7 heteroatoms. The number of hydrogen-bond acceptors (Lipinski definition) is 4. The van der Waals surface area contributed by atoms with Crippen LogP contribution in [0.2, 0.25) is 0 Å². The summed E-state index contributed by atoms with van der Waals surface area (Å²) in [7, 11) is -3.49. The van der Waals surface area contributed by atoms with Crippen LogP contribution in [-0.2, 0) is 27.7 Å². The van der Waals surface area contributed by atoms with Gasteiger partial charge in [-0.25, -0.2) is 8.42 Å². The van der Waals surface area contributed by atoms with Gasteiger partial charge in [0.15, 0.2) is 0 Å². The van der Waals surface area contributed by atoms with Crippen LogP contribution in [0.5, 0.6) is 0 Å². The lowest BCUT2D eigenvalue weighted by atomic mass is 10.1. The van der Waals surface area contributed by atoms with E-state index in [-0.39, 0.29) is 17.9 Å². The van der Waals surface area contributed by atoms with Gasteiger partial charge >= 0.3 is 0 Å². The molecule has 0 radical (unpaired) electrons. The quantitative estimate of drug-likeness (QED) is 0.856. The van der Waals surface area contributed by atoms with Gasteiger partial charge in [-0.15, -0.1) is 0 Å². The number of nitrogens with two attached hydrogens (primary N) is 1. The predicted molar refractivity (Wildman–Crippen MR) is 99.1 cm³/mol. The minimum atomic E-state index is -3.49. The fraction of sp³-hybridized carbons (Fsp3) is 0.632. The molecule has 6 nitrogen and oxygen atoms in total. The molecule has 0 spiro atoms. The number of rotatable bonds is 3. The van der Waals surface area contributed by atoms with E-state index in [0.29, 0.717) is 31.1 Å². The Bertz CT molecular complexity index is 800. The van der Waals surface area contributed by atoms with Crippen LogP contribution in [0.1, 0.15) is 36.8 Å². The highest BCUT2D eigenvalue weighted by Gasteiger charge is 2.35. The van der Waals surface area contributed by atoms with E-state index in [0.717, 1.165) is 44.1 Å². The lowest BCUT2D eigenvalue weighted by Crippen LogP contribution is -2.51. The van der Waals surface area contributed by atoms with Crippen molar-refractivity contribution in [2.45, 2.75) is 49.5 Å². The van der Waals surface area contributed by atoms with Crippen molar-refractivity contribution in [1.82, 2.24) is 9.21 Å². The van der Waals surface area contributed by atoms with Crippen LogP contribution >= 0.6 is 0 Å². The van der Waals surface area contributed by atoms with Gasteiger partial charge < -0.3 is 10.6 Å². The predicted octanol–water partition coefficient (Wildman–Crippen LogP) is 1.14. The van der Waals surface area contributed by atoms with E-state index < -0.39 is 10.0 Å². The molecule has 0 aromatic heterocycles. The summed E-state index contributed by atoms with van der Waals surface area (Å²) in [6.45, 7) is 1.66. The molecule has 1 aromatic rings. The van der Waals surface area contributed by atoms with Gasteiger partial charge in [0.05, 0.1) is 4.90 Å². The molecule has 1 heterocycles. The number of hydrogen-bond donors (Lipinski definition) is 1. The highest BCUT2D eigenvalue weighted by molar-refractivity contribution is 7.89.